The van der Waals surface area contributed by atoms with Crippen molar-refractivity contribution in [3.8, 4) is 0 Å². The average molecular weight is 152 g/mol. The average Bonchev–Trinajstić information content (AvgIpc) is 2.31. The van der Waals surface area contributed by atoms with Crippen LogP contribution >= 0.6 is 0 Å². The van der Waals surface area contributed by atoms with Crippen LogP contribution in [0.2, 0.25) is 0 Å². The van der Waals surface area contributed by atoms with Gasteiger partial charge >= 0.3 is 0 Å². The van der Waals surface area contributed by atoms with Crippen molar-refractivity contribution < 1.29 is 4.74 Å². The highest BCUT2D eigenvalue weighted by atomic mass is 16.5. The molecule has 2 saturated heterocycles. The Labute approximate surface area is 68.1 Å². The van der Waals surface area contributed by atoms with E-state index in [0.717, 1.165) is 17.8 Å². The molecule has 62 valence electrons. The molecule has 2 saturated carbocycles. The third kappa shape index (κ3) is 0.618. The lowest BCUT2D eigenvalue weighted by Crippen LogP contribution is -2.35. The van der Waals surface area contributed by atoms with Gasteiger partial charge in [-0.05, 0) is 43.9 Å². The first kappa shape index (κ1) is 6.47. The Balaban J connectivity index is 2.02. The van der Waals surface area contributed by atoms with Gasteiger partial charge in [-0.3, -0.25) is 0 Å². The molecule has 0 spiro atoms. The Kier molecular flexibility index (Phi) is 0.976. The smallest absolute Gasteiger partial charge is 0.0690 e. The summed E-state index contributed by atoms with van der Waals surface area (Å²) < 4.78 is 6.05. The van der Waals surface area contributed by atoms with Crippen LogP contribution in [0.3, 0.4) is 0 Å². The molecule has 4 rings (SSSR count). The molecule has 11 heavy (non-hydrogen) atoms. The van der Waals surface area contributed by atoms with Gasteiger partial charge in [0.15, 0.2) is 0 Å². The minimum atomic E-state index is 0.307. The molecule has 2 aliphatic heterocycles. The summed E-state index contributed by atoms with van der Waals surface area (Å²) in [5, 5.41) is 0. The zero-order valence-corrected chi connectivity index (χ0v) is 7.34. The van der Waals surface area contributed by atoms with Crippen molar-refractivity contribution in [1.82, 2.24) is 0 Å². The Morgan fingerprint density at radius 1 is 1.36 bits per heavy atom. The molecule has 1 nitrogen and oxygen atoms in total. The van der Waals surface area contributed by atoms with Crippen LogP contribution in [0.25, 0.3) is 0 Å². The Hall–Kier alpha value is -0.0400. The van der Waals surface area contributed by atoms with Crippen LogP contribution in [0.4, 0.5) is 0 Å². The van der Waals surface area contributed by atoms with Crippen molar-refractivity contribution in [1.29, 1.82) is 0 Å². The largest absolute Gasteiger partial charge is 0.371 e. The highest BCUT2D eigenvalue weighted by Gasteiger charge is 2.59. The monoisotopic (exact) mass is 152 g/mol. The van der Waals surface area contributed by atoms with Gasteiger partial charge in [-0.25, -0.2) is 0 Å². The first-order valence-electron chi connectivity index (χ1n) is 4.87. The quantitative estimate of drug-likeness (QED) is 0.517. The van der Waals surface area contributed by atoms with Crippen LogP contribution in [0.15, 0.2) is 0 Å². The summed E-state index contributed by atoms with van der Waals surface area (Å²) >= 11 is 0. The summed E-state index contributed by atoms with van der Waals surface area (Å²) in [5.74, 6) is 2.76. The standard InChI is InChI=1S/C10H16O/c1-6-7-3-8-4-9(6)11-10(8,2)5-7/h6-9H,3-5H2,1-2H3/t6-,7+,8+,9+,10+/m0/s1. The lowest BCUT2D eigenvalue weighted by atomic mass is 9.80. The van der Waals surface area contributed by atoms with Crippen molar-refractivity contribution in [2.24, 2.45) is 17.8 Å². The second-order valence-electron chi connectivity index (χ2n) is 4.96. The van der Waals surface area contributed by atoms with Gasteiger partial charge in [0, 0.05) is 0 Å². The van der Waals surface area contributed by atoms with Gasteiger partial charge < -0.3 is 4.74 Å². The second-order valence-corrected chi connectivity index (χ2v) is 4.96. The summed E-state index contributed by atoms with van der Waals surface area (Å²) in [4.78, 5) is 0. The molecular weight excluding hydrogens is 136 g/mol. The lowest BCUT2D eigenvalue weighted by Gasteiger charge is -2.35. The minimum Gasteiger partial charge on any atom is -0.371 e. The Morgan fingerprint density at radius 3 is 2.82 bits per heavy atom. The van der Waals surface area contributed by atoms with E-state index in [1.165, 1.54) is 19.3 Å². The summed E-state index contributed by atoms with van der Waals surface area (Å²) in [6.07, 6.45) is 4.77. The van der Waals surface area contributed by atoms with E-state index in [1.54, 1.807) is 0 Å². The van der Waals surface area contributed by atoms with Gasteiger partial charge in [-0.2, -0.15) is 0 Å². The van der Waals surface area contributed by atoms with Crippen molar-refractivity contribution in [3.05, 3.63) is 0 Å². The fourth-order valence-electron chi connectivity index (χ4n) is 3.58. The van der Waals surface area contributed by atoms with E-state index in [-0.39, 0.29) is 0 Å². The molecule has 2 aliphatic carbocycles. The summed E-state index contributed by atoms with van der Waals surface area (Å²) in [7, 11) is 0. The van der Waals surface area contributed by atoms with Gasteiger partial charge in [0.25, 0.3) is 0 Å². The van der Waals surface area contributed by atoms with E-state index < -0.39 is 0 Å². The molecule has 0 unspecified atom stereocenters. The van der Waals surface area contributed by atoms with Crippen molar-refractivity contribution in [2.45, 2.75) is 44.8 Å². The summed E-state index contributed by atoms with van der Waals surface area (Å²) in [6.45, 7) is 4.69. The van der Waals surface area contributed by atoms with Crippen molar-refractivity contribution >= 4 is 0 Å². The topological polar surface area (TPSA) is 9.23 Å². The van der Waals surface area contributed by atoms with Gasteiger partial charge in [-0.15, -0.1) is 0 Å². The molecule has 0 radical (unpaired) electrons. The van der Waals surface area contributed by atoms with Crippen molar-refractivity contribution in [3.63, 3.8) is 0 Å². The van der Waals surface area contributed by atoms with E-state index in [9.17, 15) is 0 Å². The molecule has 4 bridgehead atoms. The van der Waals surface area contributed by atoms with Gasteiger partial charge in [0.2, 0.25) is 0 Å². The third-order valence-electron chi connectivity index (χ3n) is 4.39. The Bertz CT molecular complexity index is 183. The van der Waals surface area contributed by atoms with Crippen LogP contribution in [0.1, 0.15) is 33.1 Å². The van der Waals surface area contributed by atoms with Crippen LogP contribution < -0.4 is 0 Å². The number of hydrogen-bond acceptors (Lipinski definition) is 1. The second kappa shape index (κ2) is 1.66. The molecule has 5 atom stereocenters. The van der Waals surface area contributed by atoms with Crippen molar-refractivity contribution in [2.75, 3.05) is 0 Å². The first-order chi connectivity index (χ1) is 5.19. The predicted molar refractivity (Wildman–Crippen MR) is 43.3 cm³/mol. The zero-order valence-electron chi connectivity index (χ0n) is 7.34. The molecule has 1 heteroatoms. The molecule has 4 aliphatic rings. The number of hydrogen-bond donors (Lipinski definition) is 0. The highest BCUT2D eigenvalue weighted by Crippen LogP contribution is 2.59. The van der Waals surface area contributed by atoms with Crippen LogP contribution in [0, 0.1) is 17.8 Å². The Morgan fingerprint density at radius 2 is 2.18 bits per heavy atom. The van der Waals surface area contributed by atoms with E-state index >= 15 is 0 Å². The predicted octanol–water partition coefficient (Wildman–Crippen LogP) is 2.21. The molecule has 0 aromatic rings. The molecule has 0 aromatic carbocycles. The molecule has 0 amide bonds. The van der Waals surface area contributed by atoms with Gasteiger partial charge in [-0.1, -0.05) is 6.92 Å². The fourth-order valence-corrected chi connectivity index (χ4v) is 3.58. The number of ether oxygens (including phenoxy) is 1. The number of rotatable bonds is 0. The molecule has 0 N–H and O–H groups in total. The van der Waals surface area contributed by atoms with Crippen LogP contribution in [0.5, 0.6) is 0 Å². The van der Waals surface area contributed by atoms with Gasteiger partial charge in [0.05, 0.1) is 11.7 Å². The zero-order chi connectivity index (χ0) is 7.64. The maximum absolute atomic E-state index is 6.05. The maximum atomic E-state index is 6.05. The SMILES string of the molecule is C[C@H]1[C@@H]2C[C@@H]3C[C@H]1O[C@]3(C)C2. The lowest BCUT2D eigenvalue weighted by molar-refractivity contribution is -0.0954. The summed E-state index contributed by atoms with van der Waals surface area (Å²) in [5.41, 5.74) is 0.307. The maximum Gasteiger partial charge on any atom is 0.0690 e. The molecule has 0 aromatic heterocycles. The van der Waals surface area contributed by atoms with E-state index in [1.807, 2.05) is 0 Å². The minimum absolute atomic E-state index is 0.307. The normalized spacial score (nSPS) is 66.0. The van der Waals surface area contributed by atoms with E-state index in [4.69, 9.17) is 4.74 Å². The van der Waals surface area contributed by atoms with E-state index in [2.05, 4.69) is 13.8 Å². The molecule has 4 fully saturated rings. The highest BCUT2D eigenvalue weighted by molar-refractivity contribution is 5.08. The van der Waals surface area contributed by atoms with Gasteiger partial charge in [0.1, 0.15) is 0 Å². The van der Waals surface area contributed by atoms with Crippen LogP contribution in [-0.2, 0) is 4.74 Å². The molecule has 2 heterocycles. The first-order valence-corrected chi connectivity index (χ1v) is 4.87. The fraction of sp³-hybridized carbons (Fsp3) is 1.00. The van der Waals surface area contributed by atoms with E-state index in [0.29, 0.717) is 11.7 Å². The summed E-state index contributed by atoms with van der Waals surface area (Å²) in [6, 6.07) is 0. The molecular formula is C10H16O. The third-order valence-corrected chi connectivity index (χ3v) is 4.39. The van der Waals surface area contributed by atoms with Crippen LogP contribution in [-0.4, -0.2) is 11.7 Å².